The molecule has 2 aromatic carbocycles. The Morgan fingerprint density at radius 3 is 2.44 bits per heavy atom. The van der Waals surface area contributed by atoms with Crippen LogP contribution in [0, 0.1) is 6.92 Å². The van der Waals surface area contributed by atoms with Gasteiger partial charge in [-0.1, -0.05) is 60.2 Å². The van der Waals surface area contributed by atoms with Crippen LogP contribution in [0.5, 0.6) is 0 Å². The minimum Gasteiger partial charge on any atom is -0.324 e. The number of rotatable bonds is 4. The van der Waals surface area contributed by atoms with E-state index >= 15 is 0 Å². The fourth-order valence-electron chi connectivity index (χ4n) is 2.99. The van der Waals surface area contributed by atoms with E-state index in [0.29, 0.717) is 5.95 Å². The highest BCUT2D eigenvalue weighted by atomic mass is 32.2. The van der Waals surface area contributed by atoms with Crippen molar-refractivity contribution < 1.29 is 8.42 Å². The lowest BCUT2D eigenvalue weighted by atomic mass is 10.0. The highest BCUT2D eigenvalue weighted by Gasteiger charge is 2.25. The molecule has 0 fully saturated rings. The van der Waals surface area contributed by atoms with Crippen molar-refractivity contribution >= 4 is 27.6 Å². The van der Waals surface area contributed by atoms with Crippen molar-refractivity contribution in [1.29, 1.82) is 0 Å². The second-order valence-electron chi connectivity index (χ2n) is 6.50. The van der Waals surface area contributed by atoms with E-state index in [0.717, 1.165) is 28.6 Å². The van der Waals surface area contributed by atoms with Gasteiger partial charge in [-0.05, 0) is 24.1 Å². The SMILES string of the molecule is Cc1ccc([C@@H]2C=C(c3ccccc3)Nc3nc(NS(C)(=O)=O)nn32)cc1. The summed E-state index contributed by atoms with van der Waals surface area (Å²) in [6, 6.07) is 17.9. The second kappa shape index (κ2) is 6.55. The third-order valence-electron chi connectivity index (χ3n) is 4.25. The van der Waals surface area contributed by atoms with Crippen LogP contribution in [0.4, 0.5) is 11.9 Å². The van der Waals surface area contributed by atoms with Crippen LogP contribution in [0.15, 0.2) is 60.7 Å². The lowest BCUT2D eigenvalue weighted by Gasteiger charge is -2.24. The largest absolute Gasteiger partial charge is 0.324 e. The number of aromatic nitrogens is 3. The highest BCUT2D eigenvalue weighted by Crippen LogP contribution is 2.33. The third kappa shape index (κ3) is 3.70. The molecule has 1 aliphatic rings. The monoisotopic (exact) mass is 381 g/mol. The fraction of sp³-hybridized carbons (Fsp3) is 0.158. The summed E-state index contributed by atoms with van der Waals surface area (Å²) in [5.74, 6) is 0.521. The van der Waals surface area contributed by atoms with Crippen molar-refractivity contribution in [3.05, 3.63) is 77.4 Å². The fourth-order valence-corrected chi connectivity index (χ4v) is 3.41. The Hall–Kier alpha value is -3.13. The molecule has 2 N–H and O–H groups in total. The molecule has 0 saturated heterocycles. The molecule has 4 rings (SSSR count). The molecule has 0 spiro atoms. The summed E-state index contributed by atoms with van der Waals surface area (Å²) in [4.78, 5) is 4.31. The summed E-state index contributed by atoms with van der Waals surface area (Å²) in [6.07, 6.45) is 3.14. The first-order valence-corrected chi connectivity index (χ1v) is 10.3. The Labute approximate surface area is 157 Å². The molecule has 8 heteroatoms. The summed E-state index contributed by atoms with van der Waals surface area (Å²) >= 11 is 0. The normalized spacial score (nSPS) is 16.2. The zero-order chi connectivity index (χ0) is 19.0. The molecule has 3 aromatic rings. The van der Waals surface area contributed by atoms with Crippen LogP contribution >= 0.6 is 0 Å². The van der Waals surface area contributed by atoms with Crippen molar-refractivity contribution in [2.24, 2.45) is 0 Å². The molecule has 27 heavy (non-hydrogen) atoms. The van der Waals surface area contributed by atoms with Gasteiger partial charge in [-0.25, -0.2) is 13.1 Å². The number of fused-ring (bicyclic) bond motifs is 1. The number of nitrogens with zero attached hydrogens (tertiary/aromatic N) is 3. The van der Waals surface area contributed by atoms with Crippen LogP contribution in [-0.4, -0.2) is 29.4 Å². The first-order valence-electron chi connectivity index (χ1n) is 8.44. The Bertz CT molecular complexity index is 1100. The second-order valence-corrected chi connectivity index (χ2v) is 8.25. The lowest BCUT2D eigenvalue weighted by Crippen LogP contribution is -2.20. The van der Waals surface area contributed by atoms with Crippen molar-refractivity contribution in [2.75, 3.05) is 16.3 Å². The molecule has 0 bridgehead atoms. The topological polar surface area (TPSA) is 88.9 Å². The van der Waals surface area contributed by atoms with Gasteiger partial charge in [-0.3, -0.25) is 4.72 Å². The van der Waals surface area contributed by atoms with Crippen LogP contribution in [0.1, 0.15) is 22.7 Å². The number of sulfonamides is 1. The molecule has 138 valence electrons. The molecule has 1 aliphatic heterocycles. The van der Waals surface area contributed by atoms with Gasteiger partial charge in [0.15, 0.2) is 0 Å². The first-order chi connectivity index (χ1) is 12.9. The molecule has 0 saturated carbocycles. The van der Waals surface area contributed by atoms with E-state index in [1.54, 1.807) is 4.68 Å². The smallest absolute Gasteiger partial charge is 0.257 e. The van der Waals surface area contributed by atoms with E-state index in [9.17, 15) is 8.42 Å². The number of anilines is 2. The van der Waals surface area contributed by atoms with Crippen LogP contribution < -0.4 is 10.0 Å². The Kier molecular flexibility index (Phi) is 4.19. The van der Waals surface area contributed by atoms with Crippen LogP contribution in [0.25, 0.3) is 5.70 Å². The summed E-state index contributed by atoms with van der Waals surface area (Å²) in [5, 5.41) is 7.60. The van der Waals surface area contributed by atoms with Gasteiger partial charge in [0.2, 0.25) is 16.0 Å². The number of aryl methyl sites for hydroxylation is 1. The summed E-state index contributed by atoms with van der Waals surface area (Å²) in [6.45, 7) is 2.03. The predicted molar refractivity (Wildman–Crippen MR) is 106 cm³/mol. The van der Waals surface area contributed by atoms with Crippen LogP contribution in [0.3, 0.4) is 0 Å². The molecular weight excluding hydrogens is 362 g/mol. The highest BCUT2D eigenvalue weighted by molar-refractivity contribution is 7.91. The molecule has 0 radical (unpaired) electrons. The Morgan fingerprint density at radius 1 is 1.07 bits per heavy atom. The lowest BCUT2D eigenvalue weighted by molar-refractivity contribution is 0.603. The van der Waals surface area contributed by atoms with Gasteiger partial charge in [0.1, 0.15) is 6.04 Å². The molecule has 0 aliphatic carbocycles. The molecule has 0 unspecified atom stereocenters. The van der Waals surface area contributed by atoms with Gasteiger partial charge in [0.25, 0.3) is 5.95 Å². The number of allylic oxidation sites excluding steroid dienone is 1. The van der Waals surface area contributed by atoms with Crippen LogP contribution in [0.2, 0.25) is 0 Å². The van der Waals surface area contributed by atoms with E-state index in [1.807, 2.05) is 61.5 Å². The van der Waals surface area contributed by atoms with Crippen molar-refractivity contribution in [1.82, 2.24) is 14.8 Å². The summed E-state index contributed by atoms with van der Waals surface area (Å²) in [5.41, 5.74) is 4.11. The van der Waals surface area contributed by atoms with Gasteiger partial charge in [0, 0.05) is 5.70 Å². The Balaban J connectivity index is 1.81. The maximum atomic E-state index is 11.6. The number of nitrogens with one attached hydrogen (secondary N) is 2. The van der Waals surface area contributed by atoms with E-state index in [1.165, 1.54) is 0 Å². The van der Waals surface area contributed by atoms with Gasteiger partial charge in [-0.15, -0.1) is 5.10 Å². The van der Waals surface area contributed by atoms with E-state index in [4.69, 9.17) is 0 Å². The summed E-state index contributed by atoms with van der Waals surface area (Å²) in [7, 11) is -3.46. The maximum Gasteiger partial charge on any atom is 0.257 e. The maximum absolute atomic E-state index is 11.6. The minimum atomic E-state index is -3.46. The van der Waals surface area contributed by atoms with Gasteiger partial charge in [0.05, 0.1) is 6.26 Å². The predicted octanol–water partition coefficient (Wildman–Crippen LogP) is 3.01. The standard InChI is InChI=1S/C19H19N5O2S/c1-13-8-10-15(11-9-13)17-12-16(14-6-4-3-5-7-14)20-19-21-18(22-24(17)19)23-27(2,25)26/h3-12,17H,1-2H3,(H2,20,21,22,23)/t17-/m0/s1. The van der Waals surface area contributed by atoms with Gasteiger partial charge in [-0.2, -0.15) is 4.98 Å². The molecule has 0 amide bonds. The van der Waals surface area contributed by atoms with E-state index in [2.05, 4.69) is 26.2 Å². The third-order valence-corrected chi connectivity index (χ3v) is 4.80. The summed E-state index contributed by atoms with van der Waals surface area (Å²) < 4.78 is 27.1. The average molecular weight is 381 g/mol. The number of benzene rings is 2. The minimum absolute atomic E-state index is 0.0415. The van der Waals surface area contributed by atoms with Gasteiger partial charge < -0.3 is 5.32 Å². The molecule has 7 nitrogen and oxygen atoms in total. The van der Waals surface area contributed by atoms with E-state index < -0.39 is 10.0 Å². The zero-order valence-electron chi connectivity index (χ0n) is 14.9. The molecular formula is C19H19N5O2S. The van der Waals surface area contributed by atoms with E-state index in [-0.39, 0.29) is 12.0 Å². The molecule has 1 atom stereocenters. The molecule has 1 aromatic heterocycles. The zero-order valence-corrected chi connectivity index (χ0v) is 15.7. The quantitative estimate of drug-likeness (QED) is 0.725. The Morgan fingerprint density at radius 2 is 1.78 bits per heavy atom. The van der Waals surface area contributed by atoms with Crippen LogP contribution in [-0.2, 0) is 10.0 Å². The van der Waals surface area contributed by atoms with Crippen molar-refractivity contribution in [3.63, 3.8) is 0 Å². The number of hydrogen-bond donors (Lipinski definition) is 2. The number of hydrogen-bond acceptors (Lipinski definition) is 5. The average Bonchev–Trinajstić information content (AvgIpc) is 3.02. The molecule has 2 heterocycles. The first kappa shape index (κ1) is 17.3. The van der Waals surface area contributed by atoms with Crippen molar-refractivity contribution in [2.45, 2.75) is 13.0 Å². The van der Waals surface area contributed by atoms with Crippen molar-refractivity contribution in [3.8, 4) is 0 Å². The van der Waals surface area contributed by atoms with Gasteiger partial charge >= 0.3 is 0 Å².